The number of nitrogens with one attached hydrogen (secondary N) is 1. The van der Waals surface area contributed by atoms with Crippen molar-refractivity contribution < 1.29 is 4.74 Å². The van der Waals surface area contributed by atoms with Crippen molar-refractivity contribution in [3.8, 4) is 5.75 Å². The molecule has 0 saturated carbocycles. The van der Waals surface area contributed by atoms with E-state index in [1.54, 1.807) is 7.11 Å². The minimum Gasteiger partial charge on any atom is -0.496 e. The molecule has 0 bridgehead atoms. The van der Waals surface area contributed by atoms with Gasteiger partial charge in [0, 0.05) is 32.2 Å². The van der Waals surface area contributed by atoms with E-state index < -0.39 is 0 Å². The molecule has 0 radical (unpaired) electrons. The van der Waals surface area contributed by atoms with E-state index in [-0.39, 0.29) is 24.8 Å². The zero-order valence-electron chi connectivity index (χ0n) is 13.7. The molecule has 1 aliphatic rings. The molecule has 0 spiro atoms. The minimum absolute atomic E-state index is 0. The third kappa shape index (κ3) is 5.47. The number of methoxy groups -OCH3 is 1. The average Bonchev–Trinajstić information content (AvgIpc) is 2.45. The van der Waals surface area contributed by atoms with Gasteiger partial charge in [0.05, 0.1) is 7.11 Å². The SMILES string of the molecule is C=C(C)C[C@H](c1ccc(OC)c(C)c1)N1CCNCC1.Cl.Cl. The van der Waals surface area contributed by atoms with Gasteiger partial charge in [-0.1, -0.05) is 17.7 Å². The van der Waals surface area contributed by atoms with Gasteiger partial charge in [-0.15, -0.1) is 31.4 Å². The lowest BCUT2D eigenvalue weighted by Crippen LogP contribution is -2.45. The van der Waals surface area contributed by atoms with Gasteiger partial charge >= 0.3 is 0 Å². The molecule has 1 N–H and O–H groups in total. The zero-order chi connectivity index (χ0) is 14.5. The maximum atomic E-state index is 5.37. The number of halogens is 2. The number of rotatable bonds is 5. The quantitative estimate of drug-likeness (QED) is 0.821. The Morgan fingerprint density at radius 1 is 1.32 bits per heavy atom. The summed E-state index contributed by atoms with van der Waals surface area (Å²) in [5.41, 5.74) is 3.81. The molecule has 1 heterocycles. The molecule has 1 atom stereocenters. The number of hydrogen-bond acceptors (Lipinski definition) is 3. The fourth-order valence-corrected chi connectivity index (χ4v) is 2.89. The Labute approximate surface area is 146 Å². The standard InChI is InChI=1S/C17H26N2O.2ClH/c1-13(2)11-16(19-9-7-18-8-10-19)15-5-6-17(20-4)14(3)12-15;;/h5-6,12,16,18H,1,7-11H2,2-4H3;2*1H/t16-;;/m1../s1. The lowest BCUT2D eigenvalue weighted by Gasteiger charge is -2.35. The van der Waals surface area contributed by atoms with Crippen molar-refractivity contribution in [2.75, 3.05) is 33.3 Å². The molecule has 0 aliphatic carbocycles. The lowest BCUT2D eigenvalue weighted by atomic mass is 9.96. The Morgan fingerprint density at radius 2 is 1.95 bits per heavy atom. The highest BCUT2D eigenvalue weighted by atomic mass is 35.5. The third-order valence-electron chi connectivity index (χ3n) is 3.94. The first-order valence-corrected chi connectivity index (χ1v) is 7.35. The Hall–Kier alpha value is -0.740. The fraction of sp³-hybridized carbons (Fsp3) is 0.529. The van der Waals surface area contributed by atoms with Crippen LogP contribution in [-0.4, -0.2) is 38.2 Å². The van der Waals surface area contributed by atoms with Crippen molar-refractivity contribution in [2.24, 2.45) is 0 Å². The van der Waals surface area contributed by atoms with Crippen LogP contribution < -0.4 is 10.1 Å². The minimum atomic E-state index is 0. The van der Waals surface area contributed by atoms with Gasteiger partial charge in [-0.3, -0.25) is 4.90 Å². The topological polar surface area (TPSA) is 24.5 Å². The summed E-state index contributed by atoms with van der Waals surface area (Å²) in [6.45, 7) is 12.7. The van der Waals surface area contributed by atoms with Gasteiger partial charge in [0.15, 0.2) is 0 Å². The van der Waals surface area contributed by atoms with Gasteiger partial charge in [0.25, 0.3) is 0 Å². The van der Waals surface area contributed by atoms with Gasteiger partial charge in [-0.2, -0.15) is 0 Å². The van der Waals surface area contributed by atoms with Crippen molar-refractivity contribution in [2.45, 2.75) is 26.3 Å². The van der Waals surface area contributed by atoms with E-state index in [0.717, 1.165) is 38.3 Å². The Kier molecular flexibility index (Phi) is 9.77. The smallest absolute Gasteiger partial charge is 0.121 e. The molecule has 1 fully saturated rings. The molecule has 3 nitrogen and oxygen atoms in total. The summed E-state index contributed by atoms with van der Waals surface area (Å²) in [7, 11) is 1.73. The number of piperazine rings is 1. The fourth-order valence-electron chi connectivity index (χ4n) is 2.89. The van der Waals surface area contributed by atoms with Gasteiger partial charge < -0.3 is 10.1 Å². The van der Waals surface area contributed by atoms with Crippen molar-refractivity contribution >= 4 is 24.8 Å². The summed E-state index contributed by atoms with van der Waals surface area (Å²) in [6.07, 6.45) is 1.02. The van der Waals surface area contributed by atoms with Crippen LogP contribution in [-0.2, 0) is 0 Å². The van der Waals surface area contributed by atoms with E-state index in [0.29, 0.717) is 6.04 Å². The Morgan fingerprint density at radius 3 is 2.45 bits per heavy atom. The van der Waals surface area contributed by atoms with E-state index in [4.69, 9.17) is 4.74 Å². The second-order valence-corrected chi connectivity index (χ2v) is 5.69. The largest absolute Gasteiger partial charge is 0.496 e. The first-order chi connectivity index (χ1) is 9.61. The van der Waals surface area contributed by atoms with Crippen LogP contribution in [0.4, 0.5) is 0 Å². The monoisotopic (exact) mass is 346 g/mol. The van der Waals surface area contributed by atoms with Crippen LogP contribution in [0.5, 0.6) is 5.75 Å². The number of ether oxygens (including phenoxy) is 1. The molecule has 5 heteroatoms. The summed E-state index contributed by atoms with van der Waals surface area (Å²) in [6, 6.07) is 6.97. The summed E-state index contributed by atoms with van der Waals surface area (Å²) < 4.78 is 5.37. The molecule has 0 unspecified atom stereocenters. The summed E-state index contributed by atoms with van der Waals surface area (Å²) >= 11 is 0. The van der Waals surface area contributed by atoms with E-state index in [9.17, 15) is 0 Å². The van der Waals surface area contributed by atoms with Gasteiger partial charge in [-0.05, 0) is 37.5 Å². The summed E-state index contributed by atoms with van der Waals surface area (Å²) in [4.78, 5) is 2.56. The molecule has 0 aromatic heterocycles. The molecular formula is C17H28Cl2N2O. The van der Waals surface area contributed by atoms with Crippen molar-refractivity contribution in [3.05, 3.63) is 41.5 Å². The van der Waals surface area contributed by atoms with Crippen LogP contribution in [0, 0.1) is 6.92 Å². The number of nitrogens with zero attached hydrogens (tertiary/aromatic N) is 1. The van der Waals surface area contributed by atoms with Gasteiger partial charge in [0.2, 0.25) is 0 Å². The highest BCUT2D eigenvalue weighted by Gasteiger charge is 2.22. The highest BCUT2D eigenvalue weighted by Crippen LogP contribution is 2.30. The number of hydrogen-bond donors (Lipinski definition) is 1. The molecule has 2 rings (SSSR count). The van der Waals surface area contributed by atoms with Gasteiger partial charge in [0.1, 0.15) is 5.75 Å². The van der Waals surface area contributed by atoms with Crippen LogP contribution in [0.15, 0.2) is 30.4 Å². The first-order valence-electron chi connectivity index (χ1n) is 7.35. The molecule has 22 heavy (non-hydrogen) atoms. The normalized spacial score (nSPS) is 16.1. The maximum Gasteiger partial charge on any atom is 0.121 e. The van der Waals surface area contributed by atoms with E-state index in [1.165, 1.54) is 16.7 Å². The van der Waals surface area contributed by atoms with Crippen LogP contribution in [0.25, 0.3) is 0 Å². The van der Waals surface area contributed by atoms with Crippen molar-refractivity contribution in [3.63, 3.8) is 0 Å². The molecular weight excluding hydrogens is 319 g/mol. The highest BCUT2D eigenvalue weighted by molar-refractivity contribution is 5.85. The summed E-state index contributed by atoms with van der Waals surface area (Å²) in [5.74, 6) is 0.961. The van der Waals surface area contributed by atoms with Gasteiger partial charge in [-0.25, -0.2) is 0 Å². The second-order valence-electron chi connectivity index (χ2n) is 5.69. The van der Waals surface area contributed by atoms with E-state index >= 15 is 0 Å². The molecule has 1 aromatic rings. The average molecular weight is 347 g/mol. The second kappa shape index (κ2) is 10.1. The molecule has 1 saturated heterocycles. The summed E-state index contributed by atoms with van der Waals surface area (Å²) in [5, 5.41) is 3.42. The van der Waals surface area contributed by atoms with E-state index in [1.807, 2.05) is 0 Å². The van der Waals surface area contributed by atoms with E-state index in [2.05, 4.69) is 48.8 Å². The molecule has 126 valence electrons. The van der Waals surface area contributed by atoms with Crippen LogP contribution in [0.3, 0.4) is 0 Å². The predicted molar refractivity (Wildman–Crippen MR) is 98.8 cm³/mol. The maximum absolute atomic E-state index is 5.37. The molecule has 1 aromatic carbocycles. The predicted octanol–water partition coefficient (Wildman–Crippen LogP) is 3.76. The lowest BCUT2D eigenvalue weighted by molar-refractivity contribution is 0.172. The Balaban J connectivity index is 0.00000220. The third-order valence-corrected chi connectivity index (χ3v) is 3.94. The number of aryl methyl sites for hydroxylation is 1. The van der Waals surface area contributed by atoms with Crippen LogP contribution in [0.2, 0.25) is 0 Å². The molecule has 0 amide bonds. The first kappa shape index (κ1) is 21.3. The zero-order valence-corrected chi connectivity index (χ0v) is 15.4. The number of benzene rings is 1. The van der Waals surface area contributed by atoms with Crippen molar-refractivity contribution in [1.82, 2.24) is 10.2 Å². The Bertz CT molecular complexity index is 474. The van der Waals surface area contributed by atoms with Crippen LogP contribution in [0.1, 0.15) is 30.5 Å². The van der Waals surface area contributed by atoms with Crippen LogP contribution >= 0.6 is 24.8 Å². The molecule has 1 aliphatic heterocycles. The van der Waals surface area contributed by atoms with Crippen molar-refractivity contribution in [1.29, 1.82) is 0 Å².